The van der Waals surface area contributed by atoms with Crippen molar-refractivity contribution in [2.75, 3.05) is 14.1 Å². The molecular formula is C21H25N. The molecule has 1 nitrogen and oxygen atoms in total. The van der Waals surface area contributed by atoms with Crippen molar-refractivity contribution >= 4 is 0 Å². The lowest BCUT2D eigenvalue weighted by molar-refractivity contribution is 0.119. The van der Waals surface area contributed by atoms with Crippen molar-refractivity contribution in [3.05, 3.63) is 70.8 Å². The van der Waals surface area contributed by atoms with Gasteiger partial charge in [-0.2, -0.15) is 0 Å². The number of benzene rings is 2. The first-order valence-electron chi connectivity index (χ1n) is 8.39. The molecule has 0 unspecified atom stereocenters. The maximum atomic E-state index is 2.44. The molecule has 2 aromatic rings. The lowest BCUT2D eigenvalue weighted by Crippen LogP contribution is -2.52. The van der Waals surface area contributed by atoms with Gasteiger partial charge >= 0.3 is 0 Å². The number of hydrogen-bond acceptors (Lipinski definition) is 1. The zero-order valence-electron chi connectivity index (χ0n) is 13.9. The zero-order valence-corrected chi connectivity index (χ0v) is 13.9. The molecule has 0 N–H and O–H groups in total. The predicted octanol–water partition coefficient (Wildman–Crippen LogP) is 4.19. The third kappa shape index (κ3) is 1.82. The smallest absolute Gasteiger partial charge is 0.0229 e. The Kier molecular flexibility index (Phi) is 2.99. The molecule has 22 heavy (non-hydrogen) atoms. The second-order valence-corrected chi connectivity index (χ2v) is 7.64. The predicted molar refractivity (Wildman–Crippen MR) is 92.4 cm³/mol. The van der Waals surface area contributed by atoms with Crippen molar-refractivity contribution in [3.63, 3.8) is 0 Å². The summed E-state index contributed by atoms with van der Waals surface area (Å²) >= 11 is 0. The molecule has 0 amide bonds. The fraction of sp³-hybridized carbons (Fsp3) is 0.429. The van der Waals surface area contributed by atoms with E-state index in [1.165, 1.54) is 19.3 Å². The monoisotopic (exact) mass is 291 g/mol. The van der Waals surface area contributed by atoms with Crippen LogP contribution in [0.3, 0.4) is 0 Å². The topological polar surface area (TPSA) is 3.24 Å². The quantitative estimate of drug-likeness (QED) is 0.761. The molecule has 0 saturated carbocycles. The van der Waals surface area contributed by atoms with Crippen molar-refractivity contribution in [1.82, 2.24) is 4.90 Å². The number of rotatable bonds is 1. The van der Waals surface area contributed by atoms with E-state index in [2.05, 4.69) is 74.4 Å². The summed E-state index contributed by atoms with van der Waals surface area (Å²) in [6, 6.07) is 18.3. The number of nitrogens with zero attached hydrogens (tertiary/aromatic N) is 1. The highest BCUT2D eigenvalue weighted by molar-refractivity contribution is 5.53. The average Bonchev–Trinajstić information content (AvgIpc) is 2.87. The van der Waals surface area contributed by atoms with E-state index < -0.39 is 0 Å². The van der Waals surface area contributed by atoms with E-state index in [1.807, 2.05) is 0 Å². The Morgan fingerprint density at radius 2 is 1.45 bits per heavy atom. The summed E-state index contributed by atoms with van der Waals surface area (Å²) in [5.74, 6) is 0. The summed E-state index contributed by atoms with van der Waals surface area (Å²) in [5, 5.41) is 0. The summed E-state index contributed by atoms with van der Waals surface area (Å²) < 4.78 is 0. The Morgan fingerprint density at radius 1 is 0.864 bits per heavy atom. The van der Waals surface area contributed by atoms with Crippen LogP contribution in [0, 0.1) is 0 Å². The molecule has 2 aromatic carbocycles. The van der Waals surface area contributed by atoms with Gasteiger partial charge in [0.15, 0.2) is 0 Å². The van der Waals surface area contributed by atoms with Gasteiger partial charge in [0, 0.05) is 11.0 Å². The molecule has 2 aliphatic rings. The van der Waals surface area contributed by atoms with E-state index in [0.29, 0.717) is 0 Å². The second kappa shape index (κ2) is 4.70. The zero-order chi connectivity index (χ0) is 15.4. The highest BCUT2D eigenvalue weighted by Crippen LogP contribution is 2.54. The van der Waals surface area contributed by atoms with Gasteiger partial charge in [0.05, 0.1) is 0 Å². The molecule has 4 rings (SSSR count). The van der Waals surface area contributed by atoms with E-state index in [-0.39, 0.29) is 11.0 Å². The van der Waals surface area contributed by atoms with E-state index in [9.17, 15) is 0 Å². The maximum absolute atomic E-state index is 2.44. The normalized spacial score (nSPS) is 29.6. The Labute approximate surface area is 134 Å². The molecule has 2 atom stereocenters. The van der Waals surface area contributed by atoms with E-state index in [4.69, 9.17) is 0 Å². The lowest BCUT2D eigenvalue weighted by Gasteiger charge is -2.49. The Morgan fingerprint density at radius 3 is 2.14 bits per heavy atom. The van der Waals surface area contributed by atoms with Crippen LogP contribution in [-0.2, 0) is 18.3 Å². The molecule has 0 aliphatic heterocycles. The number of fused-ring (bicyclic) bond motifs is 4. The standard InChI is InChI=1S/C21H25N/c1-20(22(2)3)14-17-9-5-7-11-19(17)21(15-20)13-12-16-8-4-6-10-18(16)21/h4-11H,12-15H2,1-3H3/t20-,21-/m1/s1. The SMILES string of the molecule is CN(C)[C@]1(C)Cc2ccccc2[C@]2(CCc3ccccc32)C1. The third-order valence-electron chi connectivity index (χ3n) is 6.22. The largest absolute Gasteiger partial charge is 0.304 e. The first-order chi connectivity index (χ1) is 10.6. The molecule has 0 bridgehead atoms. The minimum Gasteiger partial charge on any atom is -0.304 e. The minimum absolute atomic E-state index is 0.213. The Bertz CT molecular complexity index is 717. The van der Waals surface area contributed by atoms with Crippen LogP contribution < -0.4 is 0 Å². The van der Waals surface area contributed by atoms with E-state index in [1.54, 1.807) is 22.3 Å². The molecule has 0 fully saturated rings. The van der Waals surface area contributed by atoms with Gasteiger partial charge < -0.3 is 4.90 Å². The van der Waals surface area contributed by atoms with Gasteiger partial charge in [-0.15, -0.1) is 0 Å². The van der Waals surface area contributed by atoms with Crippen LogP contribution >= 0.6 is 0 Å². The molecule has 0 aromatic heterocycles. The van der Waals surface area contributed by atoms with Crippen LogP contribution in [-0.4, -0.2) is 24.5 Å². The lowest BCUT2D eigenvalue weighted by atomic mass is 9.60. The summed E-state index contributed by atoms with van der Waals surface area (Å²) in [6.07, 6.45) is 4.85. The maximum Gasteiger partial charge on any atom is 0.0229 e. The fourth-order valence-electron chi connectivity index (χ4n) is 4.83. The van der Waals surface area contributed by atoms with Crippen LogP contribution in [0.4, 0.5) is 0 Å². The Hall–Kier alpha value is -1.60. The minimum atomic E-state index is 0.213. The van der Waals surface area contributed by atoms with Gasteiger partial charge in [-0.25, -0.2) is 0 Å². The molecule has 0 saturated heterocycles. The Balaban J connectivity index is 1.96. The molecule has 0 radical (unpaired) electrons. The molecule has 0 heterocycles. The van der Waals surface area contributed by atoms with Crippen LogP contribution in [0.2, 0.25) is 0 Å². The highest BCUT2D eigenvalue weighted by Gasteiger charge is 2.49. The first kappa shape index (κ1) is 14.0. The molecule has 114 valence electrons. The average molecular weight is 291 g/mol. The van der Waals surface area contributed by atoms with Gasteiger partial charge in [0.1, 0.15) is 0 Å². The van der Waals surface area contributed by atoms with Crippen molar-refractivity contribution in [3.8, 4) is 0 Å². The van der Waals surface area contributed by atoms with Gasteiger partial charge in [-0.1, -0.05) is 48.5 Å². The molecule has 2 aliphatic carbocycles. The van der Waals surface area contributed by atoms with Gasteiger partial charge in [-0.05, 0) is 69.0 Å². The van der Waals surface area contributed by atoms with E-state index in [0.717, 1.165) is 6.42 Å². The van der Waals surface area contributed by atoms with Gasteiger partial charge in [0.25, 0.3) is 0 Å². The fourth-order valence-corrected chi connectivity index (χ4v) is 4.83. The first-order valence-corrected chi connectivity index (χ1v) is 8.39. The van der Waals surface area contributed by atoms with Crippen molar-refractivity contribution < 1.29 is 0 Å². The van der Waals surface area contributed by atoms with Crippen LogP contribution in [0.25, 0.3) is 0 Å². The highest BCUT2D eigenvalue weighted by atomic mass is 15.1. The summed E-state index contributed by atoms with van der Waals surface area (Å²) in [6.45, 7) is 2.44. The van der Waals surface area contributed by atoms with Gasteiger partial charge in [0.2, 0.25) is 0 Å². The summed E-state index contributed by atoms with van der Waals surface area (Å²) in [7, 11) is 4.48. The van der Waals surface area contributed by atoms with Crippen molar-refractivity contribution in [1.29, 1.82) is 0 Å². The molecule has 1 spiro atoms. The van der Waals surface area contributed by atoms with E-state index >= 15 is 0 Å². The number of likely N-dealkylation sites (N-methyl/N-ethyl adjacent to an activating group) is 1. The number of hydrogen-bond donors (Lipinski definition) is 0. The van der Waals surface area contributed by atoms with Crippen LogP contribution in [0.15, 0.2) is 48.5 Å². The van der Waals surface area contributed by atoms with Crippen LogP contribution in [0.1, 0.15) is 42.0 Å². The van der Waals surface area contributed by atoms with Gasteiger partial charge in [-0.3, -0.25) is 0 Å². The molecule has 1 heteroatoms. The van der Waals surface area contributed by atoms with Crippen LogP contribution in [0.5, 0.6) is 0 Å². The second-order valence-electron chi connectivity index (χ2n) is 7.64. The van der Waals surface area contributed by atoms with Crippen molar-refractivity contribution in [2.24, 2.45) is 0 Å². The summed E-state index contributed by atoms with van der Waals surface area (Å²) in [5.41, 5.74) is 6.70. The molecular weight excluding hydrogens is 266 g/mol. The summed E-state index contributed by atoms with van der Waals surface area (Å²) in [4.78, 5) is 2.44. The number of aryl methyl sites for hydroxylation is 1. The van der Waals surface area contributed by atoms with Crippen molar-refractivity contribution in [2.45, 2.75) is 43.6 Å². The third-order valence-corrected chi connectivity index (χ3v) is 6.22.